The molecule has 0 aliphatic heterocycles. The molecule has 0 spiro atoms. The Morgan fingerprint density at radius 3 is 2.83 bits per heavy atom. The van der Waals surface area contributed by atoms with Crippen LogP contribution in [0, 0.1) is 0 Å². The molecular formula is C10H19NO. The third-order valence-electron chi connectivity index (χ3n) is 2.08. The van der Waals surface area contributed by atoms with Crippen molar-refractivity contribution in [2.75, 3.05) is 27.2 Å². The lowest BCUT2D eigenvalue weighted by Gasteiger charge is -2.16. The Labute approximate surface area is 75.2 Å². The summed E-state index contributed by atoms with van der Waals surface area (Å²) in [5.41, 5.74) is 0. The number of hydrogen-bond donors (Lipinski definition) is 0. The molecule has 0 aromatic carbocycles. The second-order valence-electron chi connectivity index (χ2n) is 3.57. The van der Waals surface area contributed by atoms with Crippen LogP contribution in [0.5, 0.6) is 0 Å². The monoisotopic (exact) mass is 169 g/mol. The molecule has 0 amide bonds. The summed E-state index contributed by atoms with van der Waals surface area (Å²) in [5, 5.41) is 0. The lowest BCUT2D eigenvalue weighted by Crippen LogP contribution is -2.18. The van der Waals surface area contributed by atoms with Crippen LogP contribution in [-0.4, -0.2) is 32.1 Å². The molecule has 2 nitrogen and oxygen atoms in total. The second kappa shape index (κ2) is 5.20. The quantitative estimate of drug-likeness (QED) is 0.638. The van der Waals surface area contributed by atoms with Gasteiger partial charge < -0.3 is 9.64 Å². The molecule has 0 saturated heterocycles. The zero-order chi connectivity index (χ0) is 8.81. The van der Waals surface area contributed by atoms with Crippen molar-refractivity contribution in [3.05, 3.63) is 11.8 Å². The van der Waals surface area contributed by atoms with Crippen molar-refractivity contribution >= 4 is 0 Å². The highest BCUT2D eigenvalue weighted by atomic mass is 16.5. The van der Waals surface area contributed by atoms with Gasteiger partial charge in [-0.1, -0.05) is 0 Å². The van der Waals surface area contributed by atoms with Gasteiger partial charge in [-0.2, -0.15) is 0 Å². The maximum atomic E-state index is 5.61. The number of hydrogen-bond acceptors (Lipinski definition) is 2. The molecule has 0 atom stereocenters. The molecule has 0 aromatic rings. The van der Waals surface area contributed by atoms with Crippen LogP contribution in [0.1, 0.15) is 25.7 Å². The van der Waals surface area contributed by atoms with Crippen molar-refractivity contribution in [1.82, 2.24) is 4.90 Å². The Morgan fingerprint density at radius 2 is 2.25 bits per heavy atom. The smallest absolute Gasteiger partial charge is 0.100 e. The third kappa shape index (κ3) is 3.77. The Bertz CT molecular complexity index is 152. The maximum Gasteiger partial charge on any atom is 0.100 e. The third-order valence-corrected chi connectivity index (χ3v) is 2.08. The van der Waals surface area contributed by atoms with Crippen molar-refractivity contribution in [3.8, 4) is 0 Å². The van der Waals surface area contributed by atoms with E-state index in [1.807, 2.05) is 0 Å². The molecule has 0 fully saturated rings. The Kier molecular flexibility index (Phi) is 4.15. The summed E-state index contributed by atoms with van der Waals surface area (Å²) < 4.78 is 5.61. The van der Waals surface area contributed by atoms with E-state index in [2.05, 4.69) is 25.1 Å². The van der Waals surface area contributed by atoms with Crippen LogP contribution in [0.25, 0.3) is 0 Å². The van der Waals surface area contributed by atoms with Gasteiger partial charge in [0.25, 0.3) is 0 Å². The largest absolute Gasteiger partial charge is 0.497 e. The molecule has 1 rings (SSSR count). The Balaban J connectivity index is 2.09. The molecular weight excluding hydrogens is 150 g/mol. The molecule has 2 heteroatoms. The first-order valence-electron chi connectivity index (χ1n) is 4.75. The van der Waals surface area contributed by atoms with Crippen molar-refractivity contribution in [1.29, 1.82) is 0 Å². The lowest BCUT2D eigenvalue weighted by molar-refractivity contribution is 0.170. The van der Waals surface area contributed by atoms with E-state index in [-0.39, 0.29) is 0 Å². The fourth-order valence-electron chi connectivity index (χ4n) is 1.30. The van der Waals surface area contributed by atoms with Crippen LogP contribution in [-0.2, 0) is 4.74 Å². The average molecular weight is 169 g/mol. The molecule has 1 aliphatic carbocycles. The van der Waals surface area contributed by atoms with Gasteiger partial charge in [0, 0.05) is 13.0 Å². The minimum Gasteiger partial charge on any atom is -0.497 e. The van der Waals surface area contributed by atoms with E-state index in [0.29, 0.717) is 0 Å². The number of allylic oxidation sites excluding steroid dienone is 2. The van der Waals surface area contributed by atoms with Gasteiger partial charge in [-0.25, -0.2) is 0 Å². The van der Waals surface area contributed by atoms with Gasteiger partial charge in [0.2, 0.25) is 0 Å². The second-order valence-corrected chi connectivity index (χ2v) is 3.57. The fraction of sp³-hybridized carbons (Fsp3) is 0.800. The van der Waals surface area contributed by atoms with Gasteiger partial charge in [0.05, 0.1) is 5.76 Å². The van der Waals surface area contributed by atoms with Gasteiger partial charge in [0.15, 0.2) is 0 Å². The lowest BCUT2D eigenvalue weighted by atomic mass is 10.1. The van der Waals surface area contributed by atoms with E-state index in [1.165, 1.54) is 25.0 Å². The topological polar surface area (TPSA) is 12.5 Å². The first kappa shape index (κ1) is 9.59. The first-order chi connectivity index (χ1) is 5.79. The number of ether oxygens (including phenoxy) is 1. The number of nitrogens with zero attached hydrogens (tertiary/aromatic N) is 1. The molecule has 0 radical (unpaired) electrons. The molecule has 0 heterocycles. The summed E-state index contributed by atoms with van der Waals surface area (Å²) in [6.45, 7) is 1.84. The molecule has 70 valence electrons. The van der Waals surface area contributed by atoms with Crippen LogP contribution in [0.2, 0.25) is 0 Å². The van der Waals surface area contributed by atoms with Crippen molar-refractivity contribution in [3.63, 3.8) is 0 Å². The molecule has 12 heavy (non-hydrogen) atoms. The van der Waals surface area contributed by atoms with E-state index in [1.54, 1.807) is 0 Å². The van der Waals surface area contributed by atoms with Gasteiger partial charge in [-0.05, 0) is 39.4 Å². The summed E-state index contributed by atoms with van der Waals surface area (Å²) in [4.78, 5) is 2.14. The van der Waals surface area contributed by atoms with E-state index < -0.39 is 0 Å². The van der Waals surface area contributed by atoms with Crippen LogP contribution in [0.4, 0.5) is 0 Å². The molecule has 0 saturated carbocycles. The normalized spacial score (nSPS) is 17.8. The number of rotatable bonds is 4. The van der Waals surface area contributed by atoms with Gasteiger partial charge in [0.1, 0.15) is 6.61 Å². The molecule has 1 aliphatic rings. The van der Waals surface area contributed by atoms with Crippen LogP contribution < -0.4 is 0 Å². The van der Waals surface area contributed by atoms with Gasteiger partial charge >= 0.3 is 0 Å². The summed E-state index contributed by atoms with van der Waals surface area (Å²) in [6.07, 6.45) is 7.22. The standard InChI is InChI=1S/C10H19NO/c1-11(2)8-9-12-10-6-4-3-5-7-10/h6H,3-5,7-9H2,1-2H3. The molecule has 0 unspecified atom stereocenters. The van der Waals surface area contributed by atoms with Crippen molar-refractivity contribution in [2.45, 2.75) is 25.7 Å². The number of likely N-dealkylation sites (N-methyl/N-ethyl adjacent to an activating group) is 1. The average Bonchev–Trinajstić information content (AvgIpc) is 2.05. The molecule has 0 aromatic heterocycles. The van der Waals surface area contributed by atoms with E-state index in [9.17, 15) is 0 Å². The first-order valence-corrected chi connectivity index (χ1v) is 4.75. The van der Waals surface area contributed by atoms with Crippen LogP contribution >= 0.6 is 0 Å². The predicted octanol–water partition coefficient (Wildman–Crippen LogP) is 2.02. The zero-order valence-electron chi connectivity index (χ0n) is 8.18. The van der Waals surface area contributed by atoms with Gasteiger partial charge in [-0.3, -0.25) is 0 Å². The van der Waals surface area contributed by atoms with Crippen LogP contribution in [0.15, 0.2) is 11.8 Å². The highest BCUT2D eigenvalue weighted by molar-refractivity contribution is 4.96. The molecule has 0 N–H and O–H groups in total. The highest BCUT2D eigenvalue weighted by Crippen LogP contribution is 2.17. The van der Waals surface area contributed by atoms with Gasteiger partial charge in [-0.15, -0.1) is 0 Å². The summed E-state index contributed by atoms with van der Waals surface area (Å²) in [7, 11) is 4.14. The minimum atomic E-state index is 0.832. The predicted molar refractivity (Wildman–Crippen MR) is 51.1 cm³/mol. The van der Waals surface area contributed by atoms with Crippen LogP contribution in [0.3, 0.4) is 0 Å². The van der Waals surface area contributed by atoms with E-state index >= 15 is 0 Å². The minimum absolute atomic E-state index is 0.832. The fourth-order valence-corrected chi connectivity index (χ4v) is 1.30. The van der Waals surface area contributed by atoms with Crippen molar-refractivity contribution < 1.29 is 4.74 Å². The summed E-state index contributed by atoms with van der Waals surface area (Å²) >= 11 is 0. The summed E-state index contributed by atoms with van der Waals surface area (Å²) in [6, 6.07) is 0. The Hall–Kier alpha value is -0.500. The van der Waals surface area contributed by atoms with E-state index in [4.69, 9.17) is 4.74 Å². The summed E-state index contributed by atoms with van der Waals surface area (Å²) in [5.74, 6) is 1.21. The highest BCUT2D eigenvalue weighted by Gasteiger charge is 2.03. The maximum absolute atomic E-state index is 5.61. The molecule has 0 bridgehead atoms. The van der Waals surface area contributed by atoms with E-state index in [0.717, 1.165) is 19.6 Å². The Morgan fingerprint density at radius 1 is 1.42 bits per heavy atom. The van der Waals surface area contributed by atoms with Crippen molar-refractivity contribution in [2.24, 2.45) is 0 Å². The SMILES string of the molecule is CN(C)CCOC1=CCCCC1. The zero-order valence-corrected chi connectivity index (χ0v) is 8.18.